The molecular formula is C20H15N5O2. The summed E-state index contributed by atoms with van der Waals surface area (Å²) in [7, 11) is 1.80. The molecule has 7 heteroatoms. The number of nitro groups is 1. The molecule has 0 saturated heterocycles. The number of nitrogens with zero attached hydrogens (tertiary/aromatic N) is 4. The molecule has 0 aliphatic rings. The van der Waals surface area contributed by atoms with Crippen LogP contribution in [0, 0.1) is 10.1 Å². The number of nitro benzene ring substituents is 1. The van der Waals surface area contributed by atoms with Gasteiger partial charge in [-0.2, -0.15) is 0 Å². The van der Waals surface area contributed by atoms with Crippen molar-refractivity contribution in [3.63, 3.8) is 0 Å². The van der Waals surface area contributed by atoms with Crippen LogP contribution in [-0.4, -0.2) is 26.9 Å². The molecule has 2 aromatic carbocycles. The molecule has 0 atom stereocenters. The molecule has 0 unspecified atom stereocenters. The van der Waals surface area contributed by atoms with Gasteiger partial charge in [0.15, 0.2) is 5.82 Å². The van der Waals surface area contributed by atoms with Crippen LogP contribution in [0.2, 0.25) is 0 Å². The fourth-order valence-electron chi connectivity index (χ4n) is 2.92. The van der Waals surface area contributed by atoms with Crippen molar-refractivity contribution in [2.75, 3.05) is 12.4 Å². The first kappa shape index (κ1) is 16.6. The highest BCUT2D eigenvalue weighted by Gasteiger charge is 2.12. The Kier molecular flexibility index (Phi) is 4.18. The minimum atomic E-state index is -0.396. The highest BCUT2D eigenvalue weighted by Crippen LogP contribution is 2.30. The highest BCUT2D eigenvalue weighted by molar-refractivity contribution is 5.94. The maximum Gasteiger partial charge on any atom is 0.270 e. The van der Waals surface area contributed by atoms with Crippen molar-refractivity contribution in [1.82, 2.24) is 15.0 Å². The number of anilines is 1. The Hall–Kier alpha value is -3.87. The summed E-state index contributed by atoms with van der Waals surface area (Å²) in [4.78, 5) is 24.0. The third-order valence-electron chi connectivity index (χ3n) is 4.24. The normalized spacial score (nSPS) is 10.7. The Bertz CT molecular complexity index is 1150. The standard InChI is InChI=1S/C20H15N5O2/c1-21-20-17-11-14(13-4-2-6-16(10-13)25(26)27)7-8-18(17)23-19(24-20)15-5-3-9-22-12-15/h2-12H,1H3,(H,21,23,24). The van der Waals surface area contributed by atoms with Gasteiger partial charge in [0, 0.05) is 42.5 Å². The van der Waals surface area contributed by atoms with E-state index in [2.05, 4.69) is 20.3 Å². The van der Waals surface area contributed by atoms with Crippen LogP contribution in [0.25, 0.3) is 33.4 Å². The Morgan fingerprint density at radius 2 is 1.78 bits per heavy atom. The predicted octanol–water partition coefficient (Wildman–Crippen LogP) is 4.31. The topological polar surface area (TPSA) is 93.8 Å². The maximum absolute atomic E-state index is 11.0. The smallest absolute Gasteiger partial charge is 0.270 e. The summed E-state index contributed by atoms with van der Waals surface area (Å²) in [5.74, 6) is 1.27. The first-order valence-electron chi connectivity index (χ1n) is 8.30. The van der Waals surface area contributed by atoms with Gasteiger partial charge in [-0.1, -0.05) is 18.2 Å². The molecule has 4 aromatic rings. The van der Waals surface area contributed by atoms with E-state index in [-0.39, 0.29) is 5.69 Å². The molecule has 7 nitrogen and oxygen atoms in total. The summed E-state index contributed by atoms with van der Waals surface area (Å²) in [6.45, 7) is 0. The quantitative estimate of drug-likeness (QED) is 0.432. The molecule has 0 amide bonds. The van der Waals surface area contributed by atoms with Crippen LogP contribution < -0.4 is 5.32 Å². The molecule has 1 N–H and O–H groups in total. The molecule has 4 rings (SSSR count). The summed E-state index contributed by atoms with van der Waals surface area (Å²) < 4.78 is 0. The van der Waals surface area contributed by atoms with Crippen molar-refractivity contribution in [3.8, 4) is 22.5 Å². The van der Waals surface area contributed by atoms with Gasteiger partial charge in [-0.3, -0.25) is 15.1 Å². The van der Waals surface area contributed by atoms with E-state index in [1.54, 1.807) is 31.6 Å². The number of non-ortho nitro benzene ring substituents is 1. The molecule has 27 heavy (non-hydrogen) atoms. The van der Waals surface area contributed by atoms with E-state index < -0.39 is 4.92 Å². The van der Waals surface area contributed by atoms with Crippen molar-refractivity contribution in [2.24, 2.45) is 0 Å². The molecule has 0 fully saturated rings. The van der Waals surface area contributed by atoms with Crippen molar-refractivity contribution in [2.45, 2.75) is 0 Å². The third-order valence-corrected chi connectivity index (χ3v) is 4.24. The van der Waals surface area contributed by atoms with Gasteiger partial charge < -0.3 is 5.32 Å². The van der Waals surface area contributed by atoms with E-state index in [9.17, 15) is 10.1 Å². The fraction of sp³-hybridized carbons (Fsp3) is 0.0500. The van der Waals surface area contributed by atoms with Crippen LogP contribution in [0.3, 0.4) is 0 Å². The van der Waals surface area contributed by atoms with E-state index in [0.29, 0.717) is 11.6 Å². The zero-order valence-electron chi connectivity index (χ0n) is 14.5. The van der Waals surface area contributed by atoms with E-state index in [1.807, 2.05) is 36.4 Å². The van der Waals surface area contributed by atoms with Crippen molar-refractivity contribution in [1.29, 1.82) is 0 Å². The Balaban J connectivity index is 1.85. The number of benzene rings is 2. The van der Waals surface area contributed by atoms with Crippen LogP contribution >= 0.6 is 0 Å². The molecule has 0 bridgehead atoms. The minimum absolute atomic E-state index is 0.0598. The van der Waals surface area contributed by atoms with Gasteiger partial charge in [0.25, 0.3) is 5.69 Å². The molecule has 0 radical (unpaired) electrons. The van der Waals surface area contributed by atoms with E-state index >= 15 is 0 Å². The summed E-state index contributed by atoms with van der Waals surface area (Å²) >= 11 is 0. The lowest BCUT2D eigenvalue weighted by Gasteiger charge is -2.10. The second kappa shape index (κ2) is 6.80. The van der Waals surface area contributed by atoms with Crippen molar-refractivity contribution < 1.29 is 4.92 Å². The Labute approximate surface area is 154 Å². The number of fused-ring (bicyclic) bond motifs is 1. The van der Waals surface area contributed by atoms with Gasteiger partial charge in [0.1, 0.15) is 5.82 Å². The third kappa shape index (κ3) is 3.18. The number of rotatable bonds is 4. The van der Waals surface area contributed by atoms with Crippen LogP contribution in [0.15, 0.2) is 67.0 Å². The fourth-order valence-corrected chi connectivity index (χ4v) is 2.92. The minimum Gasteiger partial charge on any atom is -0.373 e. The first-order chi connectivity index (χ1) is 13.2. The monoisotopic (exact) mass is 357 g/mol. The average molecular weight is 357 g/mol. The average Bonchev–Trinajstić information content (AvgIpc) is 2.73. The van der Waals surface area contributed by atoms with Gasteiger partial charge in [0.05, 0.1) is 10.4 Å². The second-order valence-electron chi connectivity index (χ2n) is 5.93. The molecule has 2 heterocycles. The van der Waals surface area contributed by atoms with Crippen LogP contribution in [0.5, 0.6) is 0 Å². The zero-order valence-corrected chi connectivity index (χ0v) is 14.5. The van der Waals surface area contributed by atoms with E-state index in [1.165, 1.54) is 6.07 Å². The zero-order chi connectivity index (χ0) is 18.8. The summed E-state index contributed by atoms with van der Waals surface area (Å²) in [5.41, 5.74) is 3.30. The molecule has 0 spiro atoms. The molecule has 2 aromatic heterocycles. The Morgan fingerprint density at radius 1 is 0.963 bits per heavy atom. The van der Waals surface area contributed by atoms with Gasteiger partial charge in [0.2, 0.25) is 0 Å². The molecule has 0 saturated carbocycles. The Morgan fingerprint density at radius 3 is 2.52 bits per heavy atom. The molecule has 0 aliphatic heterocycles. The van der Waals surface area contributed by atoms with Gasteiger partial charge in [-0.25, -0.2) is 9.97 Å². The molecule has 0 aliphatic carbocycles. The largest absolute Gasteiger partial charge is 0.373 e. The predicted molar refractivity (Wildman–Crippen MR) is 104 cm³/mol. The van der Waals surface area contributed by atoms with Crippen LogP contribution in [0.4, 0.5) is 11.5 Å². The summed E-state index contributed by atoms with van der Waals surface area (Å²) in [6.07, 6.45) is 3.42. The molecular weight excluding hydrogens is 342 g/mol. The number of hydrogen-bond donors (Lipinski definition) is 1. The maximum atomic E-state index is 11.0. The number of aromatic nitrogens is 3. The first-order valence-corrected chi connectivity index (χ1v) is 8.30. The van der Waals surface area contributed by atoms with E-state index in [0.717, 1.165) is 27.6 Å². The summed E-state index contributed by atoms with van der Waals surface area (Å²) in [5, 5.41) is 15.0. The van der Waals surface area contributed by atoms with Crippen molar-refractivity contribution >= 4 is 22.4 Å². The lowest BCUT2D eigenvalue weighted by molar-refractivity contribution is -0.384. The van der Waals surface area contributed by atoms with Gasteiger partial charge in [-0.05, 0) is 35.4 Å². The van der Waals surface area contributed by atoms with Crippen molar-refractivity contribution in [3.05, 3.63) is 77.1 Å². The molecule has 132 valence electrons. The van der Waals surface area contributed by atoms with E-state index in [4.69, 9.17) is 0 Å². The summed E-state index contributed by atoms with van der Waals surface area (Å²) in [6, 6.07) is 16.0. The number of pyridine rings is 1. The SMILES string of the molecule is CNc1nc(-c2cccnc2)nc2ccc(-c3cccc([N+](=O)[O-])c3)cc12. The second-order valence-corrected chi connectivity index (χ2v) is 5.93. The number of nitrogens with one attached hydrogen (secondary N) is 1. The lowest BCUT2D eigenvalue weighted by Crippen LogP contribution is -1.99. The van der Waals surface area contributed by atoms with Crippen LogP contribution in [0.1, 0.15) is 0 Å². The highest BCUT2D eigenvalue weighted by atomic mass is 16.6. The van der Waals surface area contributed by atoms with Crippen LogP contribution in [-0.2, 0) is 0 Å². The number of hydrogen-bond acceptors (Lipinski definition) is 6. The lowest BCUT2D eigenvalue weighted by atomic mass is 10.0. The van der Waals surface area contributed by atoms with Gasteiger partial charge in [-0.15, -0.1) is 0 Å². The van der Waals surface area contributed by atoms with Gasteiger partial charge >= 0.3 is 0 Å².